The summed E-state index contributed by atoms with van der Waals surface area (Å²) in [5.74, 6) is -0.0880. The van der Waals surface area contributed by atoms with Crippen LogP contribution in [-0.4, -0.2) is 40.3 Å². The van der Waals surface area contributed by atoms with Crippen molar-refractivity contribution in [3.05, 3.63) is 59.3 Å². The van der Waals surface area contributed by atoms with Gasteiger partial charge in [-0.05, 0) is 45.4 Å². The van der Waals surface area contributed by atoms with Gasteiger partial charge in [0.05, 0.1) is 22.8 Å². The fourth-order valence-corrected chi connectivity index (χ4v) is 3.70. The van der Waals surface area contributed by atoms with E-state index in [0.717, 1.165) is 47.4 Å². The minimum atomic E-state index is -0.0880. The SMILES string of the molecule is Cc1ccccc1-c1cc(C(=O)NCC2=CCNCC2)c2cnn(C(C)C)c2n1.Cl.Cl. The Balaban J connectivity index is 0.00000171. The number of fused-ring (bicyclic) bond motifs is 1. The Labute approximate surface area is 195 Å². The fraction of sp³-hybridized carbons (Fsp3) is 0.348. The van der Waals surface area contributed by atoms with E-state index in [1.165, 1.54) is 5.57 Å². The number of aromatic nitrogens is 3. The molecule has 0 fully saturated rings. The number of halogens is 2. The second-order valence-corrected chi connectivity index (χ2v) is 7.79. The van der Waals surface area contributed by atoms with Crippen LogP contribution in [0.3, 0.4) is 0 Å². The number of rotatable bonds is 5. The molecule has 0 saturated heterocycles. The van der Waals surface area contributed by atoms with Gasteiger partial charge < -0.3 is 10.6 Å². The number of nitrogens with zero attached hydrogens (tertiary/aromatic N) is 3. The Morgan fingerprint density at radius 3 is 2.71 bits per heavy atom. The molecule has 1 aromatic carbocycles. The van der Waals surface area contributed by atoms with Crippen LogP contribution in [0, 0.1) is 6.92 Å². The number of hydrogen-bond acceptors (Lipinski definition) is 4. The smallest absolute Gasteiger partial charge is 0.252 e. The summed E-state index contributed by atoms with van der Waals surface area (Å²) in [6, 6.07) is 10.2. The fourth-order valence-electron chi connectivity index (χ4n) is 3.70. The largest absolute Gasteiger partial charge is 0.348 e. The van der Waals surface area contributed by atoms with E-state index in [0.29, 0.717) is 12.1 Å². The molecule has 3 aromatic rings. The lowest BCUT2D eigenvalue weighted by Crippen LogP contribution is -2.29. The molecule has 1 aliphatic heterocycles. The van der Waals surface area contributed by atoms with Gasteiger partial charge in [-0.1, -0.05) is 35.9 Å². The van der Waals surface area contributed by atoms with E-state index in [1.807, 2.05) is 28.9 Å². The molecule has 6 nitrogen and oxygen atoms in total. The Kier molecular flexibility index (Phi) is 8.62. The highest BCUT2D eigenvalue weighted by Crippen LogP contribution is 2.28. The highest BCUT2D eigenvalue weighted by Gasteiger charge is 2.19. The zero-order chi connectivity index (χ0) is 20.4. The molecule has 2 N–H and O–H groups in total. The van der Waals surface area contributed by atoms with Gasteiger partial charge in [-0.3, -0.25) is 4.79 Å². The maximum Gasteiger partial charge on any atom is 0.252 e. The number of nitrogens with one attached hydrogen (secondary N) is 2. The Morgan fingerprint density at radius 1 is 1.26 bits per heavy atom. The van der Waals surface area contributed by atoms with Gasteiger partial charge in [0.2, 0.25) is 0 Å². The molecular weight excluding hydrogens is 433 g/mol. The van der Waals surface area contributed by atoms with Crippen molar-refractivity contribution in [2.75, 3.05) is 19.6 Å². The van der Waals surface area contributed by atoms with E-state index in [2.05, 4.69) is 48.6 Å². The maximum absolute atomic E-state index is 13.1. The number of benzene rings is 1. The Hall–Kier alpha value is -2.41. The number of carbonyl (C=O) groups excluding carboxylic acids is 1. The van der Waals surface area contributed by atoms with Crippen molar-refractivity contribution < 1.29 is 4.79 Å². The van der Waals surface area contributed by atoms with Gasteiger partial charge in [-0.15, -0.1) is 24.8 Å². The maximum atomic E-state index is 13.1. The topological polar surface area (TPSA) is 71.8 Å². The lowest BCUT2D eigenvalue weighted by molar-refractivity contribution is 0.0958. The summed E-state index contributed by atoms with van der Waals surface area (Å²) in [7, 11) is 0. The van der Waals surface area contributed by atoms with E-state index < -0.39 is 0 Å². The van der Waals surface area contributed by atoms with Crippen LogP contribution in [0.15, 0.2) is 48.2 Å². The van der Waals surface area contributed by atoms with Crippen molar-refractivity contribution in [3.8, 4) is 11.3 Å². The summed E-state index contributed by atoms with van der Waals surface area (Å²) in [4.78, 5) is 18.0. The summed E-state index contributed by atoms with van der Waals surface area (Å²) in [5.41, 5.74) is 5.58. The molecule has 3 heterocycles. The molecule has 0 aliphatic carbocycles. The predicted molar refractivity (Wildman–Crippen MR) is 130 cm³/mol. The molecule has 2 aromatic heterocycles. The van der Waals surface area contributed by atoms with Crippen LogP contribution in [0.4, 0.5) is 0 Å². The summed E-state index contributed by atoms with van der Waals surface area (Å²) in [6.45, 7) is 8.59. The molecule has 0 atom stereocenters. The Bertz CT molecular complexity index is 1090. The van der Waals surface area contributed by atoms with Gasteiger partial charge in [0, 0.05) is 24.7 Å². The van der Waals surface area contributed by atoms with Gasteiger partial charge in [-0.2, -0.15) is 5.10 Å². The van der Waals surface area contributed by atoms with Crippen molar-refractivity contribution in [3.63, 3.8) is 0 Å². The first-order valence-electron chi connectivity index (χ1n) is 10.2. The van der Waals surface area contributed by atoms with Crippen LogP contribution in [0.25, 0.3) is 22.3 Å². The normalized spacial score (nSPS) is 13.4. The van der Waals surface area contributed by atoms with Gasteiger partial charge in [0.15, 0.2) is 5.65 Å². The monoisotopic (exact) mass is 461 g/mol. The van der Waals surface area contributed by atoms with Crippen LogP contribution in [0.2, 0.25) is 0 Å². The molecule has 1 aliphatic rings. The van der Waals surface area contributed by atoms with E-state index in [4.69, 9.17) is 4.98 Å². The lowest BCUT2D eigenvalue weighted by Gasteiger charge is -2.15. The molecule has 0 unspecified atom stereocenters. The second kappa shape index (κ2) is 10.8. The quantitative estimate of drug-likeness (QED) is 0.549. The second-order valence-electron chi connectivity index (χ2n) is 7.79. The zero-order valence-corrected chi connectivity index (χ0v) is 19.6. The third-order valence-corrected chi connectivity index (χ3v) is 5.36. The number of hydrogen-bond donors (Lipinski definition) is 2. The molecule has 0 bridgehead atoms. The van der Waals surface area contributed by atoms with Crippen molar-refractivity contribution in [2.24, 2.45) is 0 Å². The van der Waals surface area contributed by atoms with Crippen LogP contribution >= 0.6 is 24.8 Å². The van der Waals surface area contributed by atoms with Crippen LogP contribution in [-0.2, 0) is 0 Å². The average Bonchev–Trinajstić information content (AvgIpc) is 3.17. The number of carbonyl (C=O) groups is 1. The van der Waals surface area contributed by atoms with E-state index in [1.54, 1.807) is 6.20 Å². The summed E-state index contributed by atoms with van der Waals surface area (Å²) < 4.78 is 1.88. The molecule has 31 heavy (non-hydrogen) atoms. The lowest BCUT2D eigenvalue weighted by atomic mass is 10.0. The van der Waals surface area contributed by atoms with Crippen molar-refractivity contribution >= 4 is 41.8 Å². The molecule has 4 rings (SSSR count). The molecule has 0 radical (unpaired) electrons. The first-order valence-corrected chi connectivity index (χ1v) is 10.2. The summed E-state index contributed by atoms with van der Waals surface area (Å²) in [5, 5.41) is 11.7. The van der Waals surface area contributed by atoms with E-state index in [-0.39, 0.29) is 36.8 Å². The predicted octanol–water partition coefficient (Wildman–Crippen LogP) is 4.48. The van der Waals surface area contributed by atoms with Gasteiger partial charge in [-0.25, -0.2) is 9.67 Å². The molecule has 0 spiro atoms. The standard InChI is InChI=1S/C23H27N5O.2ClH/c1-15(2)28-22-20(14-26-28)19(23(29)25-13-17-8-10-24-11-9-17)12-21(27-22)18-7-5-4-6-16(18)3;;/h4-8,12,14-15,24H,9-11,13H2,1-3H3,(H,25,29);2*1H. The molecule has 0 saturated carbocycles. The first-order chi connectivity index (χ1) is 14.0. The minimum Gasteiger partial charge on any atom is -0.348 e. The van der Waals surface area contributed by atoms with E-state index >= 15 is 0 Å². The third-order valence-electron chi connectivity index (χ3n) is 5.36. The Morgan fingerprint density at radius 2 is 2.03 bits per heavy atom. The number of pyridine rings is 1. The van der Waals surface area contributed by atoms with Crippen LogP contribution < -0.4 is 10.6 Å². The summed E-state index contributed by atoms with van der Waals surface area (Å²) >= 11 is 0. The average molecular weight is 462 g/mol. The molecule has 166 valence electrons. The molecular formula is C23H29Cl2N5O. The number of amides is 1. The van der Waals surface area contributed by atoms with Gasteiger partial charge in [0.25, 0.3) is 5.91 Å². The van der Waals surface area contributed by atoms with Crippen LogP contribution in [0.1, 0.15) is 42.2 Å². The van der Waals surface area contributed by atoms with Crippen molar-refractivity contribution in [1.29, 1.82) is 0 Å². The van der Waals surface area contributed by atoms with Crippen molar-refractivity contribution in [1.82, 2.24) is 25.4 Å². The first kappa shape index (κ1) is 24.9. The molecule has 1 amide bonds. The number of aryl methyl sites for hydroxylation is 1. The minimum absolute atomic E-state index is 0. The van der Waals surface area contributed by atoms with Gasteiger partial charge >= 0.3 is 0 Å². The van der Waals surface area contributed by atoms with Crippen LogP contribution in [0.5, 0.6) is 0 Å². The highest BCUT2D eigenvalue weighted by atomic mass is 35.5. The zero-order valence-electron chi connectivity index (χ0n) is 18.0. The third kappa shape index (κ3) is 5.26. The molecule has 8 heteroatoms. The van der Waals surface area contributed by atoms with E-state index in [9.17, 15) is 4.79 Å². The van der Waals surface area contributed by atoms with Gasteiger partial charge in [0.1, 0.15) is 0 Å². The van der Waals surface area contributed by atoms with Crippen molar-refractivity contribution in [2.45, 2.75) is 33.2 Å². The highest BCUT2D eigenvalue weighted by molar-refractivity contribution is 6.06. The summed E-state index contributed by atoms with van der Waals surface area (Å²) in [6.07, 6.45) is 4.87.